The fourth-order valence-corrected chi connectivity index (χ4v) is 3.76. The SMILES string of the molecule is Nc1c(Br)c(Oc2ccc(CC(=O)O)cc2)nc2c(-c3cnc4ccccc4c3)cnn12. The second-order valence-electron chi connectivity index (χ2n) is 7.14. The number of para-hydroxylation sites is 1. The Hall–Kier alpha value is -3.98. The molecule has 0 bridgehead atoms. The highest BCUT2D eigenvalue weighted by atomic mass is 79.9. The summed E-state index contributed by atoms with van der Waals surface area (Å²) in [4.78, 5) is 20.0. The maximum absolute atomic E-state index is 10.9. The Bertz CT molecular complexity index is 1480. The van der Waals surface area contributed by atoms with Gasteiger partial charge in [0, 0.05) is 22.7 Å². The van der Waals surface area contributed by atoms with E-state index in [1.54, 1.807) is 36.7 Å². The summed E-state index contributed by atoms with van der Waals surface area (Å²) in [7, 11) is 0. The van der Waals surface area contributed by atoms with Crippen LogP contribution in [0.25, 0.3) is 27.7 Å². The largest absolute Gasteiger partial charge is 0.481 e. The molecule has 0 saturated carbocycles. The molecule has 0 unspecified atom stereocenters. The zero-order chi connectivity index (χ0) is 22.2. The topological polar surface area (TPSA) is 116 Å². The van der Waals surface area contributed by atoms with Gasteiger partial charge in [0.25, 0.3) is 0 Å². The highest BCUT2D eigenvalue weighted by Gasteiger charge is 2.18. The predicted molar refractivity (Wildman–Crippen MR) is 124 cm³/mol. The molecule has 0 atom stereocenters. The van der Waals surface area contributed by atoms with Crippen LogP contribution in [0.3, 0.4) is 0 Å². The van der Waals surface area contributed by atoms with E-state index in [-0.39, 0.29) is 12.3 Å². The number of rotatable bonds is 5. The number of anilines is 1. The summed E-state index contributed by atoms with van der Waals surface area (Å²) in [5.74, 6) is 0.228. The van der Waals surface area contributed by atoms with Crippen LogP contribution in [0.2, 0.25) is 0 Å². The van der Waals surface area contributed by atoms with Gasteiger partial charge in [-0.05, 0) is 45.8 Å². The van der Waals surface area contributed by atoms with Gasteiger partial charge in [0.1, 0.15) is 16.0 Å². The molecule has 0 fully saturated rings. The number of carbonyl (C=O) groups is 1. The lowest BCUT2D eigenvalue weighted by molar-refractivity contribution is -0.136. The Morgan fingerprint density at radius 3 is 2.69 bits per heavy atom. The summed E-state index contributed by atoms with van der Waals surface area (Å²) in [6.07, 6.45) is 3.42. The first-order valence-corrected chi connectivity index (χ1v) is 10.5. The fraction of sp³-hybridized carbons (Fsp3) is 0.0435. The highest BCUT2D eigenvalue weighted by molar-refractivity contribution is 9.10. The summed E-state index contributed by atoms with van der Waals surface area (Å²) in [5, 5.41) is 14.3. The minimum atomic E-state index is -0.891. The van der Waals surface area contributed by atoms with Gasteiger partial charge in [-0.2, -0.15) is 14.6 Å². The van der Waals surface area contributed by atoms with Crippen molar-refractivity contribution in [1.82, 2.24) is 19.6 Å². The van der Waals surface area contributed by atoms with Crippen LogP contribution in [0.15, 0.2) is 71.5 Å². The third-order valence-corrected chi connectivity index (χ3v) is 5.73. The first-order valence-electron chi connectivity index (χ1n) is 9.66. The molecule has 2 aromatic carbocycles. The molecule has 3 N–H and O–H groups in total. The van der Waals surface area contributed by atoms with E-state index in [9.17, 15) is 4.79 Å². The van der Waals surface area contributed by atoms with E-state index in [4.69, 9.17) is 15.6 Å². The molecule has 9 heteroatoms. The number of aromatic nitrogens is 4. The second kappa shape index (κ2) is 7.93. The smallest absolute Gasteiger partial charge is 0.307 e. The fourth-order valence-electron chi connectivity index (χ4n) is 3.42. The number of carboxylic acids is 1. The summed E-state index contributed by atoms with van der Waals surface area (Å²) in [6.45, 7) is 0. The zero-order valence-corrected chi connectivity index (χ0v) is 18.2. The molecule has 0 saturated heterocycles. The molecule has 0 aliphatic rings. The lowest BCUT2D eigenvalue weighted by Gasteiger charge is -2.11. The van der Waals surface area contributed by atoms with Crippen molar-refractivity contribution < 1.29 is 14.6 Å². The van der Waals surface area contributed by atoms with Crippen LogP contribution >= 0.6 is 15.9 Å². The summed E-state index contributed by atoms with van der Waals surface area (Å²) in [6, 6.07) is 16.7. The number of fused-ring (bicyclic) bond motifs is 2. The van der Waals surface area contributed by atoms with Crippen molar-refractivity contribution in [2.45, 2.75) is 6.42 Å². The number of carboxylic acid groups (broad SMARTS) is 1. The Morgan fingerprint density at radius 2 is 1.91 bits per heavy atom. The quantitative estimate of drug-likeness (QED) is 0.367. The van der Waals surface area contributed by atoms with E-state index < -0.39 is 5.97 Å². The zero-order valence-electron chi connectivity index (χ0n) is 16.6. The molecule has 0 spiro atoms. The number of nitrogens with two attached hydrogens (primary N) is 1. The summed E-state index contributed by atoms with van der Waals surface area (Å²) < 4.78 is 7.95. The minimum Gasteiger partial charge on any atom is -0.481 e. The van der Waals surface area contributed by atoms with E-state index >= 15 is 0 Å². The summed E-state index contributed by atoms with van der Waals surface area (Å²) >= 11 is 3.44. The Balaban J connectivity index is 1.55. The number of nitrogens with zero attached hydrogens (tertiary/aromatic N) is 4. The van der Waals surface area contributed by atoms with E-state index in [0.29, 0.717) is 27.3 Å². The first-order chi connectivity index (χ1) is 15.5. The van der Waals surface area contributed by atoms with Crippen LogP contribution in [-0.4, -0.2) is 30.7 Å². The van der Waals surface area contributed by atoms with Crippen LogP contribution < -0.4 is 10.5 Å². The molecule has 0 aliphatic carbocycles. The van der Waals surface area contributed by atoms with Crippen LogP contribution in [-0.2, 0) is 11.2 Å². The maximum atomic E-state index is 10.9. The van der Waals surface area contributed by atoms with Gasteiger partial charge in [-0.1, -0.05) is 30.3 Å². The van der Waals surface area contributed by atoms with Crippen LogP contribution in [0.5, 0.6) is 11.6 Å². The molecule has 0 amide bonds. The molecule has 3 heterocycles. The van der Waals surface area contributed by atoms with E-state index in [1.165, 1.54) is 4.52 Å². The first kappa shape index (κ1) is 20.0. The minimum absolute atomic E-state index is 0.0554. The average molecular weight is 490 g/mol. The standard InChI is InChI=1S/C23H16BrN5O3/c24-20-21(25)29-22(28-23(20)32-16-7-5-13(6-8-16)9-19(30)31)17(12-27-29)15-10-14-3-1-2-4-18(14)26-11-15/h1-8,10-12H,9,25H2,(H,30,31). The molecule has 158 valence electrons. The van der Waals surface area contributed by atoms with Crippen molar-refractivity contribution >= 4 is 44.3 Å². The van der Waals surface area contributed by atoms with Gasteiger partial charge < -0.3 is 15.6 Å². The molecule has 32 heavy (non-hydrogen) atoms. The van der Waals surface area contributed by atoms with Gasteiger partial charge in [0.05, 0.1) is 18.1 Å². The lowest BCUT2D eigenvalue weighted by atomic mass is 10.1. The second-order valence-corrected chi connectivity index (χ2v) is 7.94. The predicted octanol–water partition coefficient (Wildman–Crippen LogP) is 4.71. The highest BCUT2D eigenvalue weighted by Crippen LogP contribution is 2.36. The Kier molecular flexibility index (Phi) is 4.95. The summed E-state index contributed by atoms with van der Waals surface area (Å²) in [5.41, 5.74) is 10.0. The van der Waals surface area contributed by atoms with Gasteiger partial charge in [-0.3, -0.25) is 9.78 Å². The molecule has 5 rings (SSSR count). The number of ether oxygens (including phenoxy) is 1. The van der Waals surface area contributed by atoms with Crippen molar-refractivity contribution in [1.29, 1.82) is 0 Å². The number of hydrogen-bond acceptors (Lipinski definition) is 6. The maximum Gasteiger partial charge on any atom is 0.307 e. The van der Waals surface area contributed by atoms with Gasteiger partial charge in [-0.25, -0.2) is 0 Å². The van der Waals surface area contributed by atoms with Gasteiger partial charge >= 0.3 is 5.97 Å². The van der Waals surface area contributed by atoms with Crippen LogP contribution in [0.1, 0.15) is 5.56 Å². The van der Waals surface area contributed by atoms with Gasteiger partial charge in [-0.15, -0.1) is 0 Å². The van der Waals surface area contributed by atoms with E-state index in [0.717, 1.165) is 22.0 Å². The molecular formula is C23H16BrN5O3. The van der Waals surface area contributed by atoms with E-state index in [2.05, 4.69) is 31.0 Å². The van der Waals surface area contributed by atoms with Crippen molar-refractivity contribution in [3.8, 4) is 22.8 Å². The monoisotopic (exact) mass is 489 g/mol. The number of nitrogen functional groups attached to an aromatic ring is 1. The number of pyridine rings is 1. The van der Waals surface area contributed by atoms with Crippen molar-refractivity contribution in [3.63, 3.8) is 0 Å². The van der Waals surface area contributed by atoms with Crippen LogP contribution in [0.4, 0.5) is 5.82 Å². The molecule has 8 nitrogen and oxygen atoms in total. The molecule has 3 aromatic heterocycles. The van der Waals surface area contributed by atoms with Crippen molar-refractivity contribution in [2.24, 2.45) is 0 Å². The molecule has 0 radical (unpaired) electrons. The average Bonchev–Trinajstić information content (AvgIpc) is 3.22. The number of aliphatic carboxylic acids is 1. The number of hydrogen-bond donors (Lipinski definition) is 2. The van der Waals surface area contributed by atoms with Gasteiger partial charge in [0.15, 0.2) is 5.65 Å². The number of halogens is 1. The Labute approximate surface area is 190 Å². The van der Waals surface area contributed by atoms with Crippen molar-refractivity contribution in [2.75, 3.05) is 5.73 Å². The molecular weight excluding hydrogens is 474 g/mol. The third-order valence-electron chi connectivity index (χ3n) is 4.99. The third kappa shape index (κ3) is 3.63. The molecule has 0 aliphatic heterocycles. The molecule has 5 aromatic rings. The van der Waals surface area contributed by atoms with E-state index in [1.807, 2.05) is 30.3 Å². The van der Waals surface area contributed by atoms with Crippen molar-refractivity contribution in [3.05, 3.63) is 77.0 Å². The number of benzene rings is 2. The van der Waals surface area contributed by atoms with Crippen LogP contribution in [0, 0.1) is 0 Å². The van der Waals surface area contributed by atoms with Gasteiger partial charge in [0.2, 0.25) is 5.88 Å². The Morgan fingerprint density at radius 1 is 1.12 bits per heavy atom. The normalized spacial score (nSPS) is 11.2. The lowest BCUT2D eigenvalue weighted by Crippen LogP contribution is -2.04.